The standard InChI is InChI=1S/C29H37ClN2/c1-31(19-22-8-11-24(30)12-9-22)25-13-10-23-17-28-26-7-2-3-14-29(26,27(23)18-25)15-16-32(28)20-21-5-4-6-21/h8-13,18,21,26,28H,2-7,14-17,19-20H2,1H3/t26-,28+,29+/m0/s1. The predicted molar refractivity (Wildman–Crippen MR) is 135 cm³/mol. The molecule has 3 fully saturated rings. The molecule has 2 aromatic rings. The number of benzene rings is 2. The Kier molecular flexibility index (Phi) is 5.50. The molecule has 3 aliphatic carbocycles. The van der Waals surface area contributed by atoms with Crippen molar-refractivity contribution in [2.24, 2.45) is 11.8 Å². The molecule has 0 amide bonds. The third kappa shape index (κ3) is 3.59. The molecule has 0 spiro atoms. The van der Waals surface area contributed by atoms with Gasteiger partial charge in [-0.2, -0.15) is 0 Å². The average molecular weight is 449 g/mol. The summed E-state index contributed by atoms with van der Waals surface area (Å²) >= 11 is 6.09. The van der Waals surface area contributed by atoms with Gasteiger partial charge in [-0.3, -0.25) is 4.90 Å². The topological polar surface area (TPSA) is 6.48 Å². The van der Waals surface area contributed by atoms with E-state index in [0.29, 0.717) is 5.41 Å². The molecule has 4 aliphatic rings. The van der Waals surface area contributed by atoms with Crippen LogP contribution >= 0.6 is 11.6 Å². The Morgan fingerprint density at radius 2 is 1.84 bits per heavy atom. The average Bonchev–Trinajstić information content (AvgIpc) is 2.78. The number of anilines is 1. The number of halogens is 1. The van der Waals surface area contributed by atoms with Crippen molar-refractivity contribution >= 4 is 17.3 Å². The van der Waals surface area contributed by atoms with Crippen LogP contribution in [0.2, 0.25) is 5.02 Å². The second kappa shape index (κ2) is 8.37. The van der Waals surface area contributed by atoms with E-state index in [-0.39, 0.29) is 0 Å². The van der Waals surface area contributed by atoms with Gasteiger partial charge in [-0.15, -0.1) is 0 Å². The zero-order chi connectivity index (χ0) is 21.7. The molecular formula is C29H37ClN2. The van der Waals surface area contributed by atoms with Crippen molar-refractivity contribution in [2.75, 3.05) is 25.0 Å². The molecule has 6 rings (SSSR count). The summed E-state index contributed by atoms with van der Waals surface area (Å²) in [6.07, 6.45) is 12.7. The van der Waals surface area contributed by atoms with Crippen molar-refractivity contribution in [3.8, 4) is 0 Å². The quantitative estimate of drug-likeness (QED) is 0.494. The number of rotatable bonds is 5. The van der Waals surface area contributed by atoms with Crippen LogP contribution in [0.15, 0.2) is 42.5 Å². The van der Waals surface area contributed by atoms with Crippen LogP contribution < -0.4 is 4.90 Å². The molecule has 3 atom stereocenters. The number of hydrogen-bond donors (Lipinski definition) is 0. The van der Waals surface area contributed by atoms with Crippen LogP contribution in [0.25, 0.3) is 0 Å². The third-order valence-corrected chi connectivity index (χ3v) is 9.68. The van der Waals surface area contributed by atoms with Gasteiger partial charge in [0, 0.05) is 42.3 Å². The summed E-state index contributed by atoms with van der Waals surface area (Å²) in [6, 6.07) is 16.5. The second-order valence-corrected chi connectivity index (χ2v) is 11.6. The lowest BCUT2D eigenvalue weighted by Gasteiger charge is -2.60. The maximum Gasteiger partial charge on any atom is 0.0426 e. The molecule has 3 heteroatoms. The third-order valence-electron chi connectivity index (χ3n) is 9.43. The van der Waals surface area contributed by atoms with Crippen molar-refractivity contribution in [1.82, 2.24) is 4.90 Å². The zero-order valence-corrected chi connectivity index (χ0v) is 20.3. The van der Waals surface area contributed by atoms with Gasteiger partial charge >= 0.3 is 0 Å². The Morgan fingerprint density at radius 3 is 2.62 bits per heavy atom. The van der Waals surface area contributed by atoms with Gasteiger partial charge < -0.3 is 4.90 Å². The first kappa shape index (κ1) is 21.1. The lowest BCUT2D eigenvalue weighted by atomic mass is 9.52. The van der Waals surface area contributed by atoms with Crippen LogP contribution in [0.3, 0.4) is 0 Å². The van der Waals surface area contributed by atoms with E-state index in [2.05, 4.69) is 47.2 Å². The molecule has 2 nitrogen and oxygen atoms in total. The summed E-state index contributed by atoms with van der Waals surface area (Å²) in [5.41, 5.74) is 6.47. The summed E-state index contributed by atoms with van der Waals surface area (Å²) < 4.78 is 0. The van der Waals surface area contributed by atoms with Gasteiger partial charge in [-0.05, 0) is 97.9 Å². The van der Waals surface area contributed by atoms with Gasteiger partial charge in [0.25, 0.3) is 0 Å². The number of likely N-dealkylation sites (tertiary alicyclic amines) is 1. The maximum absolute atomic E-state index is 6.09. The van der Waals surface area contributed by atoms with E-state index in [1.54, 1.807) is 11.1 Å². The fourth-order valence-electron chi connectivity index (χ4n) is 7.50. The first-order valence-electron chi connectivity index (χ1n) is 13.0. The second-order valence-electron chi connectivity index (χ2n) is 11.1. The SMILES string of the molecule is CN(Cc1ccc(Cl)cc1)c1ccc2c(c1)[C@@]13CCCC[C@H]1[C@@H](C2)N(CC1CCC1)CC3. The molecule has 0 N–H and O–H groups in total. The number of fused-ring (bicyclic) bond motifs is 1. The summed E-state index contributed by atoms with van der Waals surface area (Å²) in [5.74, 6) is 1.85. The molecule has 1 saturated heterocycles. The summed E-state index contributed by atoms with van der Waals surface area (Å²) in [6.45, 7) is 3.61. The lowest BCUT2D eigenvalue weighted by Crippen LogP contribution is -2.61. The molecule has 0 radical (unpaired) electrons. The van der Waals surface area contributed by atoms with E-state index in [9.17, 15) is 0 Å². The van der Waals surface area contributed by atoms with E-state index < -0.39 is 0 Å². The fraction of sp³-hybridized carbons (Fsp3) is 0.586. The lowest BCUT2D eigenvalue weighted by molar-refractivity contribution is -0.0239. The minimum atomic E-state index is 0.434. The van der Waals surface area contributed by atoms with Crippen LogP contribution in [0, 0.1) is 11.8 Å². The summed E-state index contributed by atoms with van der Waals surface area (Å²) in [7, 11) is 2.24. The Labute approximate surface area is 198 Å². The van der Waals surface area contributed by atoms with Crippen molar-refractivity contribution in [3.63, 3.8) is 0 Å². The van der Waals surface area contributed by atoms with Crippen LogP contribution in [-0.2, 0) is 18.4 Å². The van der Waals surface area contributed by atoms with Gasteiger partial charge in [-0.25, -0.2) is 0 Å². The van der Waals surface area contributed by atoms with Gasteiger partial charge in [0.1, 0.15) is 0 Å². The summed E-state index contributed by atoms with van der Waals surface area (Å²) in [5, 5.41) is 0.811. The molecule has 1 heterocycles. The predicted octanol–water partition coefficient (Wildman–Crippen LogP) is 6.83. The Hall–Kier alpha value is -1.51. The molecule has 1 aliphatic heterocycles. The highest BCUT2D eigenvalue weighted by atomic mass is 35.5. The molecule has 0 unspecified atom stereocenters. The highest BCUT2D eigenvalue weighted by Crippen LogP contribution is 2.56. The molecule has 32 heavy (non-hydrogen) atoms. The van der Waals surface area contributed by atoms with Crippen molar-refractivity contribution in [3.05, 3.63) is 64.2 Å². The van der Waals surface area contributed by atoms with Crippen LogP contribution in [0.1, 0.15) is 68.1 Å². The zero-order valence-electron chi connectivity index (χ0n) is 19.5. The van der Waals surface area contributed by atoms with Gasteiger partial charge in [0.05, 0.1) is 0 Å². The normalized spacial score (nSPS) is 29.7. The van der Waals surface area contributed by atoms with E-state index in [4.69, 9.17) is 11.6 Å². The van der Waals surface area contributed by atoms with E-state index in [1.165, 1.54) is 82.1 Å². The Morgan fingerprint density at radius 1 is 1.00 bits per heavy atom. The van der Waals surface area contributed by atoms with E-state index in [0.717, 1.165) is 29.4 Å². The van der Waals surface area contributed by atoms with E-state index in [1.807, 2.05) is 12.1 Å². The monoisotopic (exact) mass is 448 g/mol. The van der Waals surface area contributed by atoms with Crippen LogP contribution in [0.5, 0.6) is 0 Å². The van der Waals surface area contributed by atoms with E-state index >= 15 is 0 Å². The molecule has 2 aromatic carbocycles. The first-order chi connectivity index (χ1) is 15.6. The smallest absolute Gasteiger partial charge is 0.0426 e. The maximum atomic E-state index is 6.09. The Balaban J connectivity index is 1.30. The fourth-order valence-corrected chi connectivity index (χ4v) is 7.62. The minimum absolute atomic E-state index is 0.434. The van der Waals surface area contributed by atoms with Gasteiger partial charge in [0.2, 0.25) is 0 Å². The Bertz CT molecular complexity index is 966. The van der Waals surface area contributed by atoms with Crippen LogP contribution in [0.4, 0.5) is 5.69 Å². The minimum Gasteiger partial charge on any atom is -0.370 e. The van der Waals surface area contributed by atoms with Gasteiger partial charge in [-0.1, -0.05) is 49.1 Å². The van der Waals surface area contributed by atoms with Crippen LogP contribution in [-0.4, -0.2) is 31.1 Å². The molecular weight excluding hydrogens is 412 g/mol. The van der Waals surface area contributed by atoms with Gasteiger partial charge in [0.15, 0.2) is 0 Å². The van der Waals surface area contributed by atoms with Crippen molar-refractivity contribution in [1.29, 1.82) is 0 Å². The highest BCUT2D eigenvalue weighted by Gasteiger charge is 2.54. The molecule has 0 aromatic heterocycles. The molecule has 2 bridgehead atoms. The summed E-state index contributed by atoms with van der Waals surface area (Å²) in [4.78, 5) is 5.34. The number of nitrogens with zero attached hydrogens (tertiary/aromatic N) is 2. The van der Waals surface area contributed by atoms with Crippen molar-refractivity contribution < 1.29 is 0 Å². The first-order valence-corrected chi connectivity index (χ1v) is 13.3. The highest BCUT2D eigenvalue weighted by molar-refractivity contribution is 6.30. The molecule has 170 valence electrons. The van der Waals surface area contributed by atoms with Crippen molar-refractivity contribution in [2.45, 2.75) is 75.8 Å². The number of hydrogen-bond acceptors (Lipinski definition) is 2. The largest absolute Gasteiger partial charge is 0.370 e. The number of piperidine rings is 1. The molecule has 2 saturated carbocycles.